The molecular weight excluding hydrogens is 142 g/mol. The van der Waals surface area contributed by atoms with Gasteiger partial charge in [0.15, 0.2) is 5.69 Å². The molecule has 0 bridgehead atoms. The van der Waals surface area contributed by atoms with E-state index < -0.39 is 0 Å². The second-order valence-corrected chi connectivity index (χ2v) is 2.68. The number of hydrogen-bond acceptors (Lipinski definition) is 2. The summed E-state index contributed by atoms with van der Waals surface area (Å²) < 4.78 is 1.68. The van der Waals surface area contributed by atoms with Gasteiger partial charge >= 0.3 is 0 Å². The molecule has 0 aromatic carbocycles. The molecule has 4 heteroatoms. The number of hydrogen-bond donors (Lipinski definition) is 1. The molecule has 0 saturated carbocycles. The number of carbonyl (C=O) groups excluding carboxylic acids is 1. The lowest BCUT2D eigenvalue weighted by atomic mass is 10.1. The van der Waals surface area contributed by atoms with Crippen LogP contribution in [-0.2, 0) is 13.5 Å². The van der Waals surface area contributed by atoms with Gasteiger partial charge in [0.2, 0.25) is 0 Å². The molecule has 11 heavy (non-hydrogen) atoms. The second kappa shape index (κ2) is 2.08. The Labute approximate surface area is 64.2 Å². The van der Waals surface area contributed by atoms with Crippen LogP contribution in [0.5, 0.6) is 0 Å². The highest BCUT2D eigenvalue weighted by molar-refractivity contribution is 5.94. The van der Waals surface area contributed by atoms with Crippen LogP contribution in [-0.4, -0.2) is 22.2 Å². The predicted molar refractivity (Wildman–Crippen MR) is 39.2 cm³/mol. The second-order valence-electron chi connectivity index (χ2n) is 2.68. The zero-order chi connectivity index (χ0) is 7.84. The van der Waals surface area contributed by atoms with E-state index >= 15 is 0 Å². The molecule has 4 nitrogen and oxygen atoms in total. The van der Waals surface area contributed by atoms with E-state index in [0.717, 1.165) is 18.5 Å². The Morgan fingerprint density at radius 1 is 1.73 bits per heavy atom. The minimum Gasteiger partial charge on any atom is -0.350 e. The lowest BCUT2D eigenvalue weighted by molar-refractivity contribution is 0.0940. The first-order valence-corrected chi connectivity index (χ1v) is 3.58. The summed E-state index contributed by atoms with van der Waals surface area (Å²) in [7, 11) is 1.82. The zero-order valence-electron chi connectivity index (χ0n) is 6.29. The Morgan fingerprint density at radius 2 is 2.55 bits per heavy atom. The summed E-state index contributed by atoms with van der Waals surface area (Å²) in [6.45, 7) is 0.734. The summed E-state index contributed by atoms with van der Waals surface area (Å²) in [5.74, 6) is -0.0492. The van der Waals surface area contributed by atoms with Crippen LogP contribution in [0.4, 0.5) is 0 Å². The van der Waals surface area contributed by atoms with E-state index in [-0.39, 0.29) is 5.91 Å². The topological polar surface area (TPSA) is 46.9 Å². The largest absolute Gasteiger partial charge is 0.350 e. The van der Waals surface area contributed by atoms with Crippen molar-refractivity contribution in [2.24, 2.45) is 7.05 Å². The molecule has 0 aliphatic carbocycles. The maximum atomic E-state index is 11.1. The molecular formula is C7H9N3O. The molecule has 1 N–H and O–H groups in total. The first-order valence-electron chi connectivity index (χ1n) is 3.58. The number of nitrogens with one attached hydrogen (secondary N) is 1. The SMILES string of the molecule is Cn1cc2c(n1)C(=O)NCC2. The van der Waals surface area contributed by atoms with Crippen molar-refractivity contribution < 1.29 is 4.79 Å². The summed E-state index contributed by atoms with van der Waals surface area (Å²) in [6.07, 6.45) is 2.79. The van der Waals surface area contributed by atoms with Gasteiger partial charge in [-0.05, 0) is 6.42 Å². The molecule has 2 rings (SSSR count). The first kappa shape index (κ1) is 6.39. The van der Waals surface area contributed by atoms with Crippen LogP contribution in [0.25, 0.3) is 0 Å². The molecule has 0 fully saturated rings. The molecule has 0 radical (unpaired) electrons. The van der Waals surface area contributed by atoms with Gasteiger partial charge in [-0.3, -0.25) is 9.48 Å². The quantitative estimate of drug-likeness (QED) is 0.553. The van der Waals surface area contributed by atoms with Crippen molar-refractivity contribution >= 4 is 5.91 Å². The van der Waals surface area contributed by atoms with E-state index in [9.17, 15) is 4.79 Å². The average molecular weight is 151 g/mol. The molecule has 58 valence electrons. The molecule has 0 saturated heterocycles. The van der Waals surface area contributed by atoms with E-state index in [0.29, 0.717) is 5.69 Å². The van der Waals surface area contributed by atoms with Gasteiger partial charge in [0.05, 0.1) is 0 Å². The average Bonchev–Trinajstić information content (AvgIpc) is 2.31. The van der Waals surface area contributed by atoms with Crippen molar-refractivity contribution in [1.29, 1.82) is 0 Å². The summed E-state index contributed by atoms with van der Waals surface area (Å²) in [6, 6.07) is 0. The van der Waals surface area contributed by atoms with Crippen LogP contribution >= 0.6 is 0 Å². The molecule has 2 heterocycles. The van der Waals surface area contributed by atoms with Gasteiger partial charge in [0.25, 0.3) is 5.91 Å². The predicted octanol–water partition coefficient (Wildman–Crippen LogP) is -0.294. The van der Waals surface area contributed by atoms with Gasteiger partial charge < -0.3 is 5.32 Å². The summed E-state index contributed by atoms with van der Waals surface area (Å²) in [4.78, 5) is 11.1. The third-order valence-electron chi connectivity index (χ3n) is 1.80. The van der Waals surface area contributed by atoms with Crippen molar-refractivity contribution in [2.45, 2.75) is 6.42 Å². The van der Waals surface area contributed by atoms with Gasteiger partial charge in [0, 0.05) is 25.4 Å². The molecule has 0 spiro atoms. The highest BCUT2D eigenvalue weighted by Crippen LogP contribution is 2.09. The number of rotatable bonds is 0. The third-order valence-corrected chi connectivity index (χ3v) is 1.80. The van der Waals surface area contributed by atoms with Crippen LogP contribution in [0.1, 0.15) is 16.1 Å². The Morgan fingerprint density at radius 3 is 3.27 bits per heavy atom. The molecule has 1 aromatic rings. The van der Waals surface area contributed by atoms with Crippen molar-refractivity contribution in [1.82, 2.24) is 15.1 Å². The van der Waals surface area contributed by atoms with Gasteiger partial charge in [-0.25, -0.2) is 0 Å². The summed E-state index contributed by atoms with van der Waals surface area (Å²) in [5.41, 5.74) is 1.63. The maximum absolute atomic E-state index is 11.1. The number of amides is 1. The van der Waals surface area contributed by atoms with E-state index in [1.54, 1.807) is 4.68 Å². The van der Waals surface area contributed by atoms with Gasteiger partial charge in [-0.1, -0.05) is 0 Å². The maximum Gasteiger partial charge on any atom is 0.272 e. The smallest absolute Gasteiger partial charge is 0.272 e. The van der Waals surface area contributed by atoms with Crippen LogP contribution in [0.3, 0.4) is 0 Å². The van der Waals surface area contributed by atoms with Crippen LogP contribution in [0.2, 0.25) is 0 Å². The highest BCUT2D eigenvalue weighted by Gasteiger charge is 2.19. The lowest BCUT2D eigenvalue weighted by Gasteiger charge is -2.09. The molecule has 1 aliphatic heterocycles. The Hall–Kier alpha value is -1.32. The molecule has 0 atom stereocenters. The van der Waals surface area contributed by atoms with E-state index in [4.69, 9.17) is 0 Å². The van der Waals surface area contributed by atoms with Crippen LogP contribution in [0.15, 0.2) is 6.20 Å². The standard InChI is InChI=1S/C7H9N3O/c1-10-4-5-2-3-8-7(11)6(5)9-10/h4H,2-3H2,1H3,(H,8,11). The Balaban J connectivity index is 2.52. The number of fused-ring (bicyclic) bond motifs is 1. The highest BCUT2D eigenvalue weighted by atomic mass is 16.2. The van der Waals surface area contributed by atoms with E-state index in [2.05, 4.69) is 10.4 Å². The van der Waals surface area contributed by atoms with Crippen molar-refractivity contribution in [3.8, 4) is 0 Å². The van der Waals surface area contributed by atoms with E-state index in [1.165, 1.54) is 0 Å². The van der Waals surface area contributed by atoms with Gasteiger partial charge in [-0.2, -0.15) is 5.10 Å². The number of nitrogens with zero attached hydrogens (tertiary/aromatic N) is 2. The zero-order valence-corrected chi connectivity index (χ0v) is 6.29. The van der Waals surface area contributed by atoms with Gasteiger partial charge in [-0.15, -0.1) is 0 Å². The first-order chi connectivity index (χ1) is 5.27. The van der Waals surface area contributed by atoms with E-state index in [1.807, 2.05) is 13.2 Å². The lowest BCUT2D eigenvalue weighted by Crippen LogP contribution is -2.31. The molecule has 1 amide bonds. The third kappa shape index (κ3) is 0.906. The Kier molecular flexibility index (Phi) is 1.21. The van der Waals surface area contributed by atoms with Crippen LogP contribution in [0, 0.1) is 0 Å². The monoisotopic (exact) mass is 151 g/mol. The number of carbonyl (C=O) groups is 1. The minimum atomic E-state index is -0.0492. The number of aryl methyl sites for hydroxylation is 1. The van der Waals surface area contributed by atoms with Gasteiger partial charge in [0.1, 0.15) is 0 Å². The van der Waals surface area contributed by atoms with Crippen molar-refractivity contribution in [2.75, 3.05) is 6.54 Å². The molecule has 1 aliphatic rings. The fourth-order valence-corrected chi connectivity index (χ4v) is 1.31. The minimum absolute atomic E-state index is 0.0492. The Bertz CT molecular complexity index is 303. The molecule has 0 unspecified atom stereocenters. The van der Waals surface area contributed by atoms with Crippen molar-refractivity contribution in [3.05, 3.63) is 17.5 Å². The van der Waals surface area contributed by atoms with Crippen molar-refractivity contribution in [3.63, 3.8) is 0 Å². The molecule has 1 aromatic heterocycles. The normalized spacial score (nSPS) is 15.9. The summed E-state index contributed by atoms with van der Waals surface area (Å²) in [5, 5.41) is 6.77. The summed E-state index contributed by atoms with van der Waals surface area (Å²) >= 11 is 0. The number of aromatic nitrogens is 2. The fourth-order valence-electron chi connectivity index (χ4n) is 1.31. The fraction of sp³-hybridized carbons (Fsp3) is 0.429. The van der Waals surface area contributed by atoms with Crippen LogP contribution < -0.4 is 5.32 Å².